The first-order valence-electron chi connectivity index (χ1n) is 7.71. The number of hydrogen-bond acceptors (Lipinski definition) is 5. The third-order valence-corrected chi connectivity index (χ3v) is 5.30. The molecule has 1 amide bonds. The number of aromatic nitrogens is 2. The van der Waals surface area contributed by atoms with Gasteiger partial charge in [-0.3, -0.25) is 9.59 Å². The van der Waals surface area contributed by atoms with E-state index in [9.17, 15) is 14.7 Å². The van der Waals surface area contributed by atoms with Crippen LogP contribution < -0.4 is 0 Å². The Morgan fingerprint density at radius 2 is 1.96 bits per heavy atom. The molecule has 1 aromatic rings. The second-order valence-electron chi connectivity index (χ2n) is 6.40. The summed E-state index contributed by atoms with van der Waals surface area (Å²) in [5.41, 5.74) is 0.924. The molecule has 0 saturated carbocycles. The minimum atomic E-state index is -0.823. The number of aliphatic carboxylic acids is 1. The SMILES string of the molecule is Cc1cc(C)nc(SCC(=O)N2CCC(C(=O)O)(C(C)C)C2)n1. The summed E-state index contributed by atoms with van der Waals surface area (Å²) in [6, 6.07) is 1.89. The molecule has 1 aromatic heterocycles. The minimum absolute atomic E-state index is 0.00629. The average Bonchev–Trinajstić information content (AvgIpc) is 2.90. The fourth-order valence-corrected chi connectivity index (χ4v) is 3.77. The molecule has 1 aliphatic heterocycles. The Morgan fingerprint density at radius 1 is 1.35 bits per heavy atom. The minimum Gasteiger partial charge on any atom is -0.481 e. The van der Waals surface area contributed by atoms with Gasteiger partial charge in [-0.2, -0.15) is 0 Å². The first-order valence-corrected chi connectivity index (χ1v) is 8.69. The number of carboxylic acids is 1. The summed E-state index contributed by atoms with van der Waals surface area (Å²) in [5.74, 6) is -0.640. The van der Waals surface area contributed by atoms with Crippen LogP contribution in [0.2, 0.25) is 0 Å². The lowest BCUT2D eigenvalue weighted by atomic mass is 9.76. The van der Waals surface area contributed by atoms with Crippen LogP contribution in [-0.2, 0) is 9.59 Å². The van der Waals surface area contributed by atoms with Crippen molar-refractivity contribution in [3.63, 3.8) is 0 Å². The molecule has 2 rings (SSSR count). The third kappa shape index (κ3) is 3.83. The molecule has 1 N–H and O–H groups in total. The Kier molecular flexibility index (Phi) is 5.29. The number of thioether (sulfide) groups is 1. The lowest BCUT2D eigenvalue weighted by molar-refractivity contribution is -0.151. The molecular formula is C16H23N3O3S. The van der Waals surface area contributed by atoms with Crippen molar-refractivity contribution in [2.75, 3.05) is 18.8 Å². The number of nitrogens with zero attached hydrogens (tertiary/aromatic N) is 3. The van der Waals surface area contributed by atoms with Gasteiger partial charge in [0.15, 0.2) is 5.16 Å². The Bertz CT molecular complexity index is 600. The molecule has 1 atom stereocenters. The second kappa shape index (κ2) is 6.86. The van der Waals surface area contributed by atoms with Gasteiger partial charge in [-0.1, -0.05) is 25.6 Å². The molecule has 6 nitrogen and oxygen atoms in total. The number of likely N-dealkylation sites (tertiary alicyclic amines) is 1. The fraction of sp³-hybridized carbons (Fsp3) is 0.625. The van der Waals surface area contributed by atoms with Crippen LogP contribution in [0.4, 0.5) is 0 Å². The summed E-state index contributed by atoms with van der Waals surface area (Å²) in [4.78, 5) is 34.3. The van der Waals surface area contributed by atoms with E-state index >= 15 is 0 Å². The number of carbonyl (C=O) groups is 2. The molecule has 1 fully saturated rings. The van der Waals surface area contributed by atoms with Crippen LogP contribution in [0.3, 0.4) is 0 Å². The first-order chi connectivity index (χ1) is 10.7. The van der Waals surface area contributed by atoms with Crippen LogP contribution >= 0.6 is 11.8 Å². The maximum absolute atomic E-state index is 12.4. The highest BCUT2D eigenvalue weighted by molar-refractivity contribution is 7.99. The summed E-state index contributed by atoms with van der Waals surface area (Å²) >= 11 is 1.30. The molecule has 0 aromatic carbocycles. The largest absolute Gasteiger partial charge is 0.481 e. The van der Waals surface area contributed by atoms with E-state index in [2.05, 4.69) is 9.97 Å². The summed E-state index contributed by atoms with van der Waals surface area (Å²) < 4.78 is 0. The van der Waals surface area contributed by atoms with Gasteiger partial charge in [0, 0.05) is 24.5 Å². The van der Waals surface area contributed by atoms with Crippen molar-refractivity contribution in [1.29, 1.82) is 0 Å². The van der Waals surface area contributed by atoms with Crippen molar-refractivity contribution in [3.05, 3.63) is 17.5 Å². The Labute approximate surface area is 140 Å². The van der Waals surface area contributed by atoms with Crippen LogP contribution in [-0.4, -0.2) is 50.7 Å². The Balaban J connectivity index is 1.98. The second-order valence-corrected chi connectivity index (χ2v) is 7.35. The van der Waals surface area contributed by atoms with Gasteiger partial charge in [-0.05, 0) is 32.3 Å². The summed E-state index contributed by atoms with van der Waals surface area (Å²) in [6.07, 6.45) is 0.510. The number of amides is 1. The predicted octanol–water partition coefficient (Wildman–Crippen LogP) is 2.14. The topological polar surface area (TPSA) is 83.4 Å². The monoisotopic (exact) mass is 337 g/mol. The number of carboxylic acid groups (broad SMARTS) is 1. The Morgan fingerprint density at radius 3 is 2.43 bits per heavy atom. The van der Waals surface area contributed by atoms with Gasteiger partial charge in [-0.15, -0.1) is 0 Å². The summed E-state index contributed by atoms with van der Waals surface area (Å²) in [7, 11) is 0. The van der Waals surface area contributed by atoms with E-state index in [4.69, 9.17) is 0 Å². The van der Waals surface area contributed by atoms with Gasteiger partial charge in [0.2, 0.25) is 5.91 Å². The van der Waals surface area contributed by atoms with Crippen LogP contribution in [0.15, 0.2) is 11.2 Å². The fourth-order valence-electron chi connectivity index (χ4n) is 2.91. The lowest BCUT2D eigenvalue weighted by Crippen LogP contribution is -2.41. The smallest absolute Gasteiger partial charge is 0.311 e. The van der Waals surface area contributed by atoms with Gasteiger partial charge in [-0.25, -0.2) is 9.97 Å². The molecule has 7 heteroatoms. The van der Waals surface area contributed by atoms with E-state index in [0.29, 0.717) is 18.1 Å². The quantitative estimate of drug-likeness (QED) is 0.655. The van der Waals surface area contributed by atoms with E-state index in [1.807, 2.05) is 33.8 Å². The molecule has 23 heavy (non-hydrogen) atoms. The highest BCUT2D eigenvalue weighted by Crippen LogP contribution is 2.38. The van der Waals surface area contributed by atoms with E-state index < -0.39 is 11.4 Å². The van der Waals surface area contributed by atoms with E-state index in [-0.39, 0.29) is 24.1 Å². The average molecular weight is 337 g/mol. The van der Waals surface area contributed by atoms with Crippen molar-refractivity contribution in [1.82, 2.24) is 14.9 Å². The molecule has 0 aliphatic carbocycles. The molecule has 1 aliphatic rings. The van der Waals surface area contributed by atoms with Crippen molar-refractivity contribution < 1.29 is 14.7 Å². The van der Waals surface area contributed by atoms with Gasteiger partial charge in [0.05, 0.1) is 11.2 Å². The summed E-state index contributed by atoms with van der Waals surface area (Å²) in [6.45, 7) is 8.38. The highest BCUT2D eigenvalue weighted by atomic mass is 32.2. The van der Waals surface area contributed by atoms with Crippen LogP contribution in [0, 0.1) is 25.2 Å². The van der Waals surface area contributed by atoms with Crippen LogP contribution in [0.25, 0.3) is 0 Å². The molecule has 126 valence electrons. The number of carbonyl (C=O) groups excluding carboxylic acids is 1. The van der Waals surface area contributed by atoms with Crippen molar-refractivity contribution >= 4 is 23.6 Å². The zero-order chi connectivity index (χ0) is 17.2. The van der Waals surface area contributed by atoms with Crippen molar-refractivity contribution in [3.8, 4) is 0 Å². The molecule has 0 spiro atoms. The molecular weight excluding hydrogens is 314 g/mol. The van der Waals surface area contributed by atoms with Crippen LogP contribution in [0.5, 0.6) is 0 Å². The molecule has 2 heterocycles. The molecule has 1 saturated heterocycles. The first kappa shape index (κ1) is 17.7. The van der Waals surface area contributed by atoms with Crippen molar-refractivity contribution in [2.45, 2.75) is 39.3 Å². The summed E-state index contributed by atoms with van der Waals surface area (Å²) in [5, 5.41) is 10.1. The van der Waals surface area contributed by atoms with Crippen LogP contribution in [0.1, 0.15) is 31.7 Å². The van der Waals surface area contributed by atoms with Gasteiger partial charge in [0.25, 0.3) is 0 Å². The van der Waals surface area contributed by atoms with Gasteiger partial charge in [0.1, 0.15) is 0 Å². The number of rotatable bonds is 5. The van der Waals surface area contributed by atoms with Crippen molar-refractivity contribution in [2.24, 2.45) is 11.3 Å². The van der Waals surface area contributed by atoms with Gasteiger partial charge >= 0.3 is 5.97 Å². The van der Waals surface area contributed by atoms with E-state index in [1.54, 1.807) is 4.90 Å². The number of hydrogen-bond donors (Lipinski definition) is 1. The lowest BCUT2D eigenvalue weighted by Gasteiger charge is -2.28. The highest BCUT2D eigenvalue weighted by Gasteiger charge is 2.48. The van der Waals surface area contributed by atoms with E-state index in [1.165, 1.54) is 11.8 Å². The molecule has 0 radical (unpaired) electrons. The third-order valence-electron chi connectivity index (χ3n) is 4.47. The maximum atomic E-state index is 12.4. The number of aryl methyl sites for hydroxylation is 2. The maximum Gasteiger partial charge on any atom is 0.311 e. The van der Waals surface area contributed by atoms with Gasteiger partial charge < -0.3 is 10.0 Å². The Hall–Kier alpha value is -1.63. The molecule has 1 unspecified atom stereocenters. The van der Waals surface area contributed by atoms with E-state index in [0.717, 1.165) is 11.4 Å². The zero-order valence-electron chi connectivity index (χ0n) is 14.0. The molecule has 0 bridgehead atoms. The standard InChI is InChI=1S/C16H23N3O3S/c1-10(2)16(14(21)22)5-6-19(9-16)13(20)8-23-15-17-11(3)7-12(4)18-15/h7,10H,5-6,8-9H2,1-4H3,(H,21,22). The predicted molar refractivity (Wildman–Crippen MR) is 88.3 cm³/mol. The normalized spacial score (nSPS) is 21.0. The zero-order valence-corrected chi connectivity index (χ0v) is 14.8.